The first-order valence-electron chi connectivity index (χ1n) is 9.55. The Balaban J connectivity index is 1.53. The summed E-state index contributed by atoms with van der Waals surface area (Å²) < 4.78 is 7.48. The van der Waals surface area contributed by atoms with Gasteiger partial charge in [-0.3, -0.25) is 4.79 Å². The van der Waals surface area contributed by atoms with Gasteiger partial charge in [0.1, 0.15) is 17.1 Å². The third kappa shape index (κ3) is 3.17. The fraction of sp³-hybridized carbons (Fsp3) is 0.227. The Bertz CT molecular complexity index is 1150. The average Bonchev–Trinajstić information content (AvgIpc) is 3.52. The Hall–Kier alpha value is -3.19. The van der Waals surface area contributed by atoms with E-state index in [-0.39, 0.29) is 11.9 Å². The molecule has 7 heteroatoms. The molecule has 4 heterocycles. The Labute approximate surface area is 172 Å². The molecule has 5 rings (SSSR count). The van der Waals surface area contributed by atoms with Crippen LogP contribution < -0.4 is 4.74 Å². The molecule has 0 saturated carbocycles. The number of carbonyl (C=O) groups excluding carboxylic acids is 1. The van der Waals surface area contributed by atoms with Crippen LogP contribution in [-0.2, 0) is 0 Å². The summed E-state index contributed by atoms with van der Waals surface area (Å²) >= 11 is 1.49. The first-order chi connectivity index (χ1) is 14.2. The second-order valence-corrected chi connectivity index (χ2v) is 8.00. The van der Waals surface area contributed by atoms with Crippen molar-refractivity contribution in [3.05, 3.63) is 65.0 Å². The summed E-state index contributed by atoms with van der Waals surface area (Å²) in [5.41, 5.74) is 2.72. The molecule has 1 atom stereocenters. The van der Waals surface area contributed by atoms with Gasteiger partial charge in [-0.2, -0.15) is 0 Å². The number of imidazole rings is 1. The van der Waals surface area contributed by atoms with Crippen LogP contribution in [0.15, 0.2) is 60.1 Å². The van der Waals surface area contributed by atoms with E-state index >= 15 is 0 Å². The number of nitrogens with zero attached hydrogens (tertiary/aromatic N) is 4. The van der Waals surface area contributed by atoms with E-state index in [0.29, 0.717) is 6.54 Å². The van der Waals surface area contributed by atoms with Crippen molar-refractivity contribution in [1.29, 1.82) is 0 Å². The number of carbonyl (C=O) groups is 1. The summed E-state index contributed by atoms with van der Waals surface area (Å²) in [6.07, 6.45) is 2.67. The van der Waals surface area contributed by atoms with Crippen LogP contribution in [0.1, 0.15) is 22.1 Å². The molecule has 146 valence electrons. The van der Waals surface area contributed by atoms with Gasteiger partial charge in [0.25, 0.3) is 5.91 Å². The van der Waals surface area contributed by atoms with Gasteiger partial charge in [-0.15, -0.1) is 11.3 Å². The number of fused-ring (bicyclic) bond motifs is 1. The topological polar surface area (TPSA) is 60.3 Å². The van der Waals surface area contributed by atoms with Gasteiger partial charge in [-0.25, -0.2) is 9.97 Å². The van der Waals surface area contributed by atoms with Crippen LogP contribution in [0.3, 0.4) is 0 Å². The molecular weight excluding hydrogens is 384 g/mol. The Morgan fingerprint density at radius 1 is 1.17 bits per heavy atom. The molecule has 1 fully saturated rings. The van der Waals surface area contributed by atoms with Crippen molar-refractivity contribution in [2.24, 2.45) is 0 Å². The lowest BCUT2D eigenvalue weighted by atomic mass is 10.2. The predicted octanol–water partition coefficient (Wildman–Crippen LogP) is 4.26. The number of aromatic nitrogens is 3. The molecule has 0 N–H and O–H groups in total. The summed E-state index contributed by atoms with van der Waals surface area (Å²) in [5.74, 6) is 1.78. The molecule has 1 aliphatic heterocycles. The number of methoxy groups -OCH3 is 1. The van der Waals surface area contributed by atoms with E-state index in [1.165, 1.54) is 11.3 Å². The standard InChI is InChI=1S/C22H20N4O2S/c1-28-17-8-6-15(7-9-17)20-24-18-4-2-11-23-21(18)26(20)16-10-12-25(14-16)22(27)19-5-3-13-29-19/h2-9,11,13,16H,10,12,14H2,1H3/t16-/m0/s1. The Kier molecular flexibility index (Phi) is 4.52. The Morgan fingerprint density at radius 2 is 2.03 bits per heavy atom. The van der Waals surface area contributed by atoms with Crippen LogP contribution >= 0.6 is 11.3 Å². The van der Waals surface area contributed by atoms with E-state index in [9.17, 15) is 4.79 Å². The summed E-state index contributed by atoms with van der Waals surface area (Å²) in [6, 6.07) is 15.7. The van der Waals surface area contributed by atoms with Gasteiger partial charge in [0, 0.05) is 24.8 Å². The second-order valence-electron chi connectivity index (χ2n) is 7.05. The molecular formula is C22H20N4O2S. The molecule has 6 nitrogen and oxygen atoms in total. The van der Waals surface area contributed by atoms with Crippen molar-refractivity contribution in [2.75, 3.05) is 20.2 Å². The summed E-state index contributed by atoms with van der Waals surface area (Å²) in [6.45, 7) is 1.39. The average molecular weight is 404 g/mol. The molecule has 0 unspecified atom stereocenters. The highest BCUT2D eigenvalue weighted by atomic mass is 32.1. The second kappa shape index (κ2) is 7.33. The fourth-order valence-electron chi connectivity index (χ4n) is 3.91. The zero-order valence-corrected chi connectivity index (χ0v) is 16.8. The van der Waals surface area contributed by atoms with Gasteiger partial charge >= 0.3 is 0 Å². The monoisotopic (exact) mass is 404 g/mol. The van der Waals surface area contributed by atoms with Gasteiger partial charge in [-0.1, -0.05) is 6.07 Å². The van der Waals surface area contributed by atoms with E-state index in [1.807, 2.05) is 58.8 Å². The van der Waals surface area contributed by atoms with E-state index in [4.69, 9.17) is 9.72 Å². The van der Waals surface area contributed by atoms with E-state index in [2.05, 4.69) is 9.55 Å². The zero-order chi connectivity index (χ0) is 19.8. The molecule has 0 bridgehead atoms. The molecule has 4 aromatic rings. The maximum atomic E-state index is 12.8. The quantitative estimate of drug-likeness (QED) is 0.510. The number of benzene rings is 1. The third-order valence-electron chi connectivity index (χ3n) is 5.34. The van der Waals surface area contributed by atoms with Crippen LogP contribution in [0, 0.1) is 0 Å². The lowest BCUT2D eigenvalue weighted by Gasteiger charge is -2.18. The van der Waals surface area contributed by atoms with Crippen molar-refractivity contribution in [2.45, 2.75) is 12.5 Å². The zero-order valence-electron chi connectivity index (χ0n) is 16.0. The molecule has 1 saturated heterocycles. The van der Waals surface area contributed by atoms with Gasteiger partial charge in [0.05, 0.1) is 18.0 Å². The van der Waals surface area contributed by atoms with Gasteiger partial charge in [-0.05, 0) is 54.3 Å². The highest BCUT2D eigenvalue weighted by Crippen LogP contribution is 2.33. The highest BCUT2D eigenvalue weighted by molar-refractivity contribution is 7.12. The number of pyridine rings is 1. The number of likely N-dealkylation sites (tertiary alicyclic amines) is 1. The third-order valence-corrected chi connectivity index (χ3v) is 6.20. The molecule has 1 aromatic carbocycles. The van der Waals surface area contributed by atoms with Crippen molar-refractivity contribution in [3.63, 3.8) is 0 Å². The van der Waals surface area contributed by atoms with Crippen molar-refractivity contribution >= 4 is 28.4 Å². The molecule has 0 aliphatic carbocycles. The van der Waals surface area contributed by atoms with E-state index in [0.717, 1.165) is 46.1 Å². The number of rotatable bonds is 4. The number of ether oxygens (including phenoxy) is 1. The lowest BCUT2D eigenvalue weighted by molar-refractivity contribution is 0.0792. The molecule has 29 heavy (non-hydrogen) atoms. The molecule has 0 spiro atoms. The number of hydrogen-bond acceptors (Lipinski definition) is 5. The van der Waals surface area contributed by atoms with Gasteiger partial charge in [0.2, 0.25) is 0 Å². The fourth-order valence-corrected chi connectivity index (χ4v) is 4.60. The predicted molar refractivity (Wildman–Crippen MR) is 113 cm³/mol. The smallest absolute Gasteiger partial charge is 0.263 e. The lowest BCUT2D eigenvalue weighted by Crippen LogP contribution is -2.28. The van der Waals surface area contributed by atoms with Gasteiger partial charge in [0.15, 0.2) is 5.65 Å². The number of thiophene rings is 1. The Morgan fingerprint density at radius 3 is 2.79 bits per heavy atom. The van der Waals surface area contributed by atoms with Crippen molar-refractivity contribution in [3.8, 4) is 17.1 Å². The first kappa shape index (κ1) is 17.9. The maximum Gasteiger partial charge on any atom is 0.263 e. The van der Waals surface area contributed by atoms with Crippen LogP contribution in [0.25, 0.3) is 22.6 Å². The van der Waals surface area contributed by atoms with Crippen LogP contribution in [0.5, 0.6) is 5.75 Å². The molecule has 0 radical (unpaired) electrons. The largest absolute Gasteiger partial charge is 0.497 e. The minimum absolute atomic E-state index is 0.103. The highest BCUT2D eigenvalue weighted by Gasteiger charge is 2.31. The van der Waals surface area contributed by atoms with E-state index < -0.39 is 0 Å². The number of amides is 1. The van der Waals surface area contributed by atoms with Crippen LogP contribution in [0.2, 0.25) is 0 Å². The summed E-state index contributed by atoms with van der Waals surface area (Å²) in [7, 11) is 1.66. The molecule has 1 amide bonds. The summed E-state index contributed by atoms with van der Waals surface area (Å²) in [5, 5.41) is 1.94. The minimum atomic E-state index is 0.103. The number of hydrogen-bond donors (Lipinski definition) is 0. The molecule has 3 aromatic heterocycles. The SMILES string of the molecule is COc1ccc(-c2nc3cccnc3n2[C@H]2CCN(C(=O)c3cccs3)C2)cc1. The first-order valence-corrected chi connectivity index (χ1v) is 10.4. The van der Waals surface area contributed by atoms with Crippen LogP contribution in [0.4, 0.5) is 0 Å². The van der Waals surface area contributed by atoms with Crippen LogP contribution in [-0.4, -0.2) is 45.5 Å². The minimum Gasteiger partial charge on any atom is -0.497 e. The molecule has 1 aliphatic rings. The summed E-state index contributed by atoms with van der Waals surface area (Å²) in [4.78, 5) is 25.0. The van der Waals surface area contributed by atoms with Crippen molar-refractivity contribution < 1.29 is 9.53 Å². The normalized spacial score (nSPS) is 16.4. The maximum absolute atomic E-state index is 12.8. The van der Waals surface area contributed by atoms with Crippen molar-refractivity contribution in [1.82, 2.24) is 19.4 Å². The van der Waals surface area contributed by atoms with E-state index in [1.54, 1.807) is 13.3 Å². The van der Waals surface area contributed by atoms with Gasteiger partial charge < -0.3 is 14.2 Å².